The van der Waals surface area contributed by atoms with E-state index in [1.807, 2.05) is 0 Å². The molecule has 0 heterocycles. The van der Waals surface area contributed by atoms with Gasteiger partial charge in [-0.15, -0.1) is 0 Å². The van der Waals surface area contributed by atoms with Crippen molar-refractivity contribution in [1.29, 1.82) is 0 Å². The standard InChI is InChI=1S/C70H78N2/c1-11-14-17-18-21-55-28-32-59(33-29-55)70(58-30-22-48(4)23-31-58)66-46-62(71(60-34-24-49(5)25-35-60)68-51(7)42-56(19-15-12-2)43-52(68)8)38-40-64(66)65-41-39-63(47-67(65)70)72(61-36-26-50(6)27-37-61)69-53(9)44-57(20-16-13-3)45-54(69)10/h22-47H,11-21H2,1-10H3. The summed E-state index contributed by atoms with van der Waals surface area (Å²) in [4.78, 5) is 5.08. The van der Waals surface area contributed by atoms with E-state index in [1.54, 1.807) is 0 Å². The van der Waals surface area contributed by atoms with Crippen molar-refractivity contribution < 1.29 is 0 Å². The first kappa shape index (κ1) is 50.3. The average molecular weight is 947 g/mol. The molecule has 0 unspecified atom stereocenters. The normalized spacial score (nSPS) is 12.5. The summed E-state index contributed by atoms with van der Waals surface area (Å²) in [5.41, 5.74) is 27.5. The van der Waals surface area contributed by atoms with Crippen molar-refractivity contribution in [3.8, 4) is 11.1 Å². The molecule has 8 aromatic rings. The van der Waals surface area contributed by atoms with Crippen molar-refractivity contribution >= 4 is 34.1 Å². The van der Waals surface area contributed by atoms with Gasteiger partial charge in [0.1, 0.15) is 0 Å². The number of anilines is 6. The van der Waals surface area contributed by atoms with Gasteiger partial charge in [0.15, 0.2) is 0 Å². The van der Waals surface area contributed by atoms with Gasteiger partial charge in [-0.3, -0.25) is 0 Å². The molecule has 0 amide bonds. The molecule has 368 valence electrons. The minimum absolute atomic E-state index is 0.634. The van der Waals surface area contributed by atoms with E-state index in [1.165, 1.54) is 163 Å². The molecule has 2 heteroatoms. The molecule has 0 saturated heterocycles. The van der Waals surface area contributed by atoms with Crippen molar-refractivity contribution in [3.63, 3.8) is 0 Å². The number of rotatable bonds is 19. The minimum atomic E-state index is -0.634. The largest absolute Gasteiger partial charge is 0.310 e. The molecular formula is C70H78N2. The van der Waals surface area contributed by atoms with E-state index >= 15 is 0 Å². The van der Waals surface area contributed by atoms with E-state index in [-0.39, 0.29) is 0 Å². The number of benzene rings is 8. The first-order valence-electron chi connectivity index (χ1n) is 27.3. The van der Waals surface area contributed by atoms with Gasteiger partial charge in [0.2, 0.25) is 0 Å². The Kier molecular flexibility index (Phi) is 15.4. The molecule has 0 saturated carbocycles. The van der Waals surface area contributed by atoms with Gasteiger partial charge in [-0.05, 0) is 208 Å². The number of unbranched alkanes of at least 4 members (excludes halogenated alkanes) is 5. The number of nitrogens with zero attached hydrogens (tertiary/aromatic N) is 2. The minimum Gasteiger partial charge on any atom is -0.310 e. The zero-order valence-electron chi connectivity index (χ0n) is 45.2. The van der Waals surface area contributed by atoms with E-state index < -0.39 is 5.41 Å². The van der Waals surface area contributed by atoms with E-state index in [2.05, 4.69) is 237 Å². The molecule has 0 atom stereocenters. The smallest absolute Gasteiger partial charge is 0.0715 e. The van der Waals surface area contributed by atoms with Crippen molar-refractivity contribution in [3.05, 3.63) is 236 Å². The lowest BCUT2D eigenvalue weighted by Crippen LogP contribution is -2.29. The van der Waals surface area contributed by atoms with E-state index in [9.17, 15) is 0 Å². The summed E-state index contributed by atoms with van der Waals surface area (Å²) in [6.45, 7) is 22.7. The number of hydrogen-bond acceptors (Lipinski definition) is 2. The molecular weight excluding hydrogens is 869 g/mol. The monoisotopic (exact) mass is 947 g/mol. The highest BCUT2D eigenvalue weighted by atomic mass is 15.2. The SMILES string of the molecule is CCCCCCc1ccc(C2(c3ccc(C)cc3)c3cc(N(c4ccc(C)cc4)c4c(C)cc(CCCC)cc4C)ccc3-c3ccc(N(c4ccc(C)cc4)c4c(C)cc(CCCC)cc4C)cc32)cc1. The van der Waals surface area contributed by atoms with Crippen molar-refractivity contribution in [2.75, 3.05) is 9.80 Å². The Morgan fingerprint density at radius 2 is 0.667 bits per heavy atom. The number of hydrogen-bond donors (Lipinski definition) is 0. The van der Waals surface area contributed by atoms with Gasteiger partial charge in [0, 0.05) is 22.7 Å². The number of aryl methyl sites for hydroxylation is 10. The van der Waals surface area contributed by atoms with Gasteiger partial charge in [0.25, 0.3) is 0 Å². The highest BCUT2D eigenvalue weighted by Crippen LogP contribution is 2.59. The maximum absolute atomic E-state index is 2.55. The van der Waals surface area contributed by atoms with Crippen LogP contribution in [0, 0.1) is 48.5 Å². The second-order valence-electron chi connectivity index (χ2n) is 21.3. The first-order chi connectivity index (χ1) is 34.9. The van der Waals surface area contributed by atoms with Crippen LogP contribution in [-0.4, -0.2) is 0 Å². The van der Waals surface area contributed by atoms with Crippen LogP contribution in [0.1, 0.15) is 150 Å². The molecule has 2 nitrogen and oxygen atoms in total. The Hall–Kier alpha value is -6.64. The van der Waals surface area contributed by atoms with Crippen molar-refractivity contribution in [2.45, 2.75) is 145 Å². The molecule has 1 aliphatic rings. The molecule has 0 fully saturated rings. The Morgan fingerprint density at radius 1 is 0.319 bits per heavy atom. The lowest BCUT2D eigenvalue weighted by Gasteiger charge is -2.36. The lowest BCUT2D eigenvalue weighted by atomic mass is 9.67. The Bertz CT molecular complexity index is 2930. The van der Waals surface area contributed by atoms with Gasteiger partial charge in [-0.1, -0.05) is 179 Å². The molecule has 9 rings (SSSR count). The third kappa shape index (κ3) is 9.95. The topological polar surface area (TPSA) is 6.48 Å². The molecule has 1 aliphatic carbocycles. The predicted molar refractivity (Wildman–Crippen MR) is 311 cm³/mol. The molecule has 72 heavy (non-hydrogen) atoms. The summed E-state index contributed by atoms with van der Waals surface area (Å²) in [6.07, 6.45) is 13.1. The Labute approximate surface area is 433 Å². The van der Waals surface area contributed by atoms with Crippen LogP contribution in [0.15, 0.2) is 158 Å². The quantitative estimate of drug-likeness (QED) is 0.0746. The van der Waals surface area contributed by atoms with Crippen molar-refractivity contribution in [2.24, 2.45) is 0 Å². The first-order valence-corrected chi connectivity index (χ1v) is 27.3. The van der Waals surface area contributed by atoms with Crippen LogP contribution < -0.4 is 9.80 Å². The molecule has 0 radical (unpaired) electrons. The maximum atomic E-state index is 2.55. The summed E-state index contributed by atoms with van der Waals surface area (Å²) in [6, 6.07) is 62.0. The fourth-order valence-electron chi connectivity index (χ4n) is 11.9. The summed E-state index contributed by atoms with van der Waals surface area (Å²) in [7, 11) is 0. The third-order valence-electron chi connectivity index (χ3n) is 15.6. The molecule has 0 spiro atoms. The summed E-state index contributed by atoms with van der Waals surface area (Å²) >= 11 is 0. The Balaban J connectivity index is 1.32. The zero-order chi connectivity index (χ0) is 50.5. The Morgan fingerprint density at radius 3 is 1.06 bits per heavy atom. The van der Waals surface area contributed by atoms with Gasteiger partial charge in [-0.2, -0.15) is 0 Å². The average Bonchev–Trinajstić information content (AvgIpc) is 3.66. The molecule has 0 aromatic heterocycles. The fraction of sp³-hybridized carbons (Fsp3) is 0.314. The second kappa shape index (κ2) is 22.0. The molecule has 0 bridgehead atoms. The van der Waals surface area contributed by atoms with Crippen LogP contribution in [-0.2, 0) is 24.7 Å². The zero-order valence-corrected chi connectivity index (χ0v) is 45.2. The van der Waals surface area contributed by atoms with Crippen LogP contribution >= 0.6 is 0 Å². The van der Waals surface area contributed by atoms with Gasteiger partial charge >= 0.3 is 0 Å². The molecule has 0 N–H and O–H groups in total. The summed E-state index contributed by atoms with van der Waals surface area (Å²) in [5, 5.41) is 0. The van der Waals surface area contributed by atoms with E-state index in [0.717, 1.165) is 30.6 Å². The molecule has 0 aliphatic heterocycles. The predicted octanol–water partition coefficient (Wildman–Crippen LogP) is 20.0. The van der Waals surface area contributed by atoms with Gasteiger partial charge in [-0.25, -0.2) is 0 Å². The summed E-state index contributed by atoms with van der Waals surface area (Å²) in [5.74, 6) is 0. The maximum Gasteiger partial charge on any atom is 0.0715 e. The van der Waals surface area contributed by atoms with Crippen LogP contribution in [0.5, 0.6) is 0 Å². The van der Waals surface area contributed by atoms with Gasteiger partial charge < -0.3 is 9.80 Å². The van der Waals surface area contributed by atoms with E-state index in [0.29, 0.717) is 0 Å². The van der Waals surface area contributed by atoms with Gasteiger partial charge in [0.05, 0.1) is 16.8 Å². The summed E-state index contributed by atoms with van der Waals surface area (Å²) < 4.78 is 0. The van der Waals surface area contributed by atoms with Crippen LogP contribution in [0.4, 0.5) is 34.1 Å². The third-order valence-corrected chi connectivity index (χ3v) is 15.6. The van der Waals surface area contributed by atoms with Crippen LogP contribution in [0.3, 0.4) is 0 Å². The van der Waals surface area contributed by atoms with E-state index in [4.69, 9.17) is 0 Å². The number of fused-ring (bicyclic) bond motifs is 3. The van der Waals surface area contributed by atoms with Crippen LogP contribution in [0.2, 0.25) is 0 Å². The van der Waals surface area contributed by atoms with Crippen molar-refractivity contribution in [1.82, 2.24) is 0 Å². The lowest BCUT2D eigenvalue weighted by molar-refractivity contribution is 0.666. The second-order valence-corrected chi connectivity index (χ2v) is 21.3. The highest BCUT2D eigenvalue weighted by molar-refractivity contribution is 5.93. The fourth-order valence-corrected chi connectivity index (χ4v) is 11.9. The van der Waals surface area contributed by atoms with Crippen LogP contribution in [0.25, 0.3) is 11.1 Å². The highest BCUT2D eigenvalue weighted by Gasteiger charge is 2.47. The molecule has 8 aromatic carbocycles.